The summed E-state index contributed by atoms with van der Waals surface area (Å²) in [7, 11) is -2.94. The van der Waals surface area contributed by atoms with E-state index in [0.29, 0.717) is 18.7 Å². The Kier molecular flexibility index (Phi) is 4.69. The Labute approximate surface area is 130 Å². The third-order valence-electron chi connectivity index (χ3n) is 3.22. The maximum atomic E-state index is 12.9. The van der Waals surface area contributed by atoms with Gasteiger partial charge in [-0.25, -0.2) is 8.42 Å². The Morgan fingerprint density at radius 2 is 2.00 bits per heavy atom. The molecule has 0 aromatic heterocycles. The Hall–Kier alpha value is -1.65. The Morgan fingerprint density at radius 1 is 1.39 bits per heavy atom. The van der Waals surface area contributed by atoms with Crippen molar-refractivity contribution < 1.29 is 36.2 Å². The number of rotatable bonds is 6. The molecule has 1 saturated heterocycles. The highest BCUT2D eigenvalue weighted by Gasteiger charge is 2.35. The summed E-state index contributed by atoms with van der Waals surface area (Å²) in [5, 5.41) is 8.73. The molecule has 0 amide bonds. The molecule has 6 nitrogen and oxygen atoms in total. The number of nitrogens with zero attached hydrogens (tertiary/aromatic N) is 1. The number of alkyl halides is 3. The molecule has 2 rings (SSSR count). The van der Waals surface area contributed by atoms with Crippen molar-refractivity contribution in [3.63, 3.8) is 0 Å². The molecule has 1 N–H and O–H groups in total. The van der Waals surface area contributed by atoms with Gasteiger partial charge >= 0.3 is 12.1 Å². The van der Waals surface area contributed by atoms with Gasteiger partial charge in [0.25, 0.3) is 0 Å². The second-order valence-corrected chi connectivity index (χ2v) is 7.22. The van der Waals surface area contributed by atoms with Gasteiger partial charge in [-0.2, -0.15) is 17.5 Å². The van der Waals surface area contributed by atoms with E-state index >= 15 is 0 Å². The lowest BCUT2D eigenvalue weighted by atomic mass is 10.1. The number of likely N-dealkylation sites (N-methyl/N-ethyl adjacent to an activating group) is 1. The van der Waals surface area contributed by atoms with Gasteiger partial charge < -0.3 is 9.84 Å². The average Bonchev–Trinajstić information content (AvgIpc) is 3.20. The number of epoxide rings is 1. The number of benzene rings is 1. The molecular formula is C13H14F3NO5S. The van der Waals surface area contributed by atoms with Crippen molar-refractivity contribution in [3.8, 4) is 0 Å². The number of hydrogen-bond donors (Lipinski definition) is 1. The molecule has 0 aliphatic carbocycles. The van der Waals surface area contributed by atoms with E-state index in [1.165, 1.54) is 7.05 Å². The largest absolute Gasteiger partial charge is 0.481 e. The van der Waals surface area contributed by atoms with Crippen LogP contribution in [0.1, 0.15) is 11.1 Å². The van der Waals surface area contributed by atoms with Gasteiger partial charge in [0.15, 0.2) is 0 Å². The van der Waals surface area contributed by atoms with Crippen LogP contribution in [0.5, 0.6) is 0 Å². The van der Waals surface area contributed by atoms with Gasteiger partial charge in [0, 0.05) is 13.6 Å². The summed E-state index contributed by atoms with van der Waals surface area (Å²) >= 11 is 0. The van der Waals surface area contributed by atoms with E-state index in [1.54, 1.807) is 0 Å². The highest BCUT2D eigenvalue weighted by atomic mass is 32.2. The van der Waals surface area contributed by atoms with Crippen LogP contribution in [0, 0.1) is 0 Å². The lowest BCUT2D eigenvalue weighted by Crippen LogP contribution is -2.31. The first-order valence-corrected chi connectivity index (χ1v) is 7.95. The van der Waals surface area contributed by atoms with E-state index in [-0.39, 0.29) is 18.2 Å². The van der Waals surface area contributed by atoms with Crippen LogP contribution in [0.4, 0.5) is 13.2 Å². The smallest absolute Gasteiger partial charge is 0.416 e. The lowest BCUT2D eigenvalue weighted by molar-refractivity contribution is -0.139. The first kappa shape index (κ1) is 17.7. The van der Waals surface area contributed by atoms with E-state index < -0.39 is 39.0 Å². The summed E-state index contributed by atoms with van der Waals surface area (Å²) in [6.45, 7) is 0.416. The Morgan fingerprint density at radius 3 is 2.48 bits per heavy atom. The number of carboxylic acid groups (broad SMARTS) is 1. The van der Waals surface area contributed by atoms with Crippen molar-refractivity contribution in [3.05, 3.63) is 29.3 Å². The molecule has 1 aromatic rings. The number of carbonyl (C=O) groups is 1. The zero-order valence-corrected chi connectivity index (χ0v) is 12.8. The molecule has 128 valence electrons. The molecule has 1 aromatic carbocycles. The second-order valence-electron chi connectivity index (χ2n) is 5.17. The topological polar surface area (TPSA) is 87.2 Å². The predicted molar refractivity (Wildman–Crippen MR) is 72.3 cm³/mol. The van der Waals surface area contributed by atoms with Crippen molar-refractivity contribution in [1.82, 2.24) is 4.31 Å². The Bertz CT molecular complexity index is 713. The van der Waals surface area contributed by atoms with Gasteiger partial charge in [-0.05, 0) is 23.8 Å². The van der Waals surface area contributed by atoms with Crippen LogP contribution in [0.15, 0.2) is 23.1 Å². The molecular weight excluding hydrogens is 339 g/mol. The summed E-state index contributed by atoms with van der Waals surface area (Å²) in [5.41, 5.74) is -1.44. The number of sulfonamides is 1. The molecule has 0 bridgehead atoms. The number of carboxylic acids is 1. The second kappa shape index (κ2) is 6.10. The van der Waals surface area contributed by atoms with Crippen molar-refractivity contribution in [2.75, 3.05) is 20.2 Å². The molecule has 0 saturated carbocycles. The monoisotopic (exact) mass is 353 g/mol. The predicted octanol–water partition coefficient (Wildman–Crippen LogP) is 1.35. The molecule has 1 heterocycles. The number of halogens is 3. The molecule has 1 aliphatic rings. The fraction of sp³-hybridized carbons (Fsp3) is 0.462. The first-order valence-electron chi connectivity index (χ1n) is 6.51. The van der Waals surface area contributed by atoms with Crippen LogP contribution < -0.4 is 0 Å². The standard InChI is InChI=1S/C13H14F3NO5S/c1-17(6-10-7-22-10)23(20,21)11-3-8(4-12(18)19)2-9(5-11)13(14,15)16/h2-3,5,10H,4,6-7H2,1H3,(H,18,19)/t10-/m0/s1. The van der Waals surface area contributed by atoms with Crippen LogP contribution >= 0.6 is 0 Å². The summed E-state index contributed by atoms with van der Waals surface area (Å²) in [5.74, 6) is -1.35. The Balaban J connectivity index is 2.44. The minimum Gasteiger partial charge on any atom is -0.481 e. The highest BCUT2D eigenvalue weighted by molar-refractivity contribution is 7.89. The van der Waals surface area contributed by atoms with E-state index in [4.69, 9.17) is 9.84 Å². The van der Waals surface area contributed by atoms with Gasteiger partial charge in [0.05, 0.1) is 29.6 Å². The molecule has 1 fully saturated rings. The zero-order valence-electron chi connectivity index (χ0n) is 12.0. The lowest BCUT2D eigenvalue weighted by Gasteiger charge is -2.18. The fourth-order valence-corrected chi connectivity index (χ4v) is 3.29. The normalized spacial score (nSPS) is 18.2. The van der Waals surface area contributed by atoms with Crippen molar-refractivity contribution in [2.45, 2.75) is 23.6 Å². The van der Waals surface area contributed by atoms with E-state index in [9.17, 15) is 26.4 Å². The number of ether oxygens (including phenoxy) is 1. The number of aliphatic carboxylic acids is 1. The van der Waals surface area contributed by atoms with Gasteiger partial charge in [-0.15, -0.1) is 0 Å². The molecule has 0 unspecified atom stereocenters. The molecule has 23 heavy (non-hydrogen) atoms. The minimum atomic E-state index is -4.78. The molecule has 0 radical (unpaired) electrons. The quantitative estimate of drug-likeness (QED) is 0.780. The van der Waals surface area contributed by atoms with E-state index in [1.807, 2.05) is 0 Å². The summed E-state index contributed by atoms with van der Waals surface area (Å²) in [6.07, 6.45) is -5.75. The van der Waals surface area contributed by atoms with Gasteiger partial charge in [0.2, 0.25) is 10.0 Å². The van der Waals surface area contributed by atoms with Gasteiger partial charge in [-0.3, -0.25) is 4.79 Å². The van der Waals surface area contributed by atoms with Crippen molar-refractivity contribution in [2.24, 2.45) is 0 Å². The molecule has 0 spiro atoms. The average molecular weight is 353 g/mol. The number of hydrogen-bond acceptors (Lipinski definition) is 4. The highest BCUT2D eigenvalue weighted by Crippen LogP contribution is 2.32. The van der Waals surface area contributed by atoms with Crippen molar-refractivity contribution in [1.29, 1.82) is 0 Å². The van der Waals surface area contributed by atoms with E-state index in [0.717, 1.165) is 10.4 Å². The first-order chi connectivity index (χ1) is 10.5. The van der Waals surface area contributed by atoms with Crippen LogP contribution in [-0.2, 0) is 32.2 Å². The summed E-state index contributed by atoms with van der Waals surface area (Å²) in [6, 6.07) is 2.09. The molecule has 1 aliphatic heterocycles. The fourth-order valence-electron chi connectivity index (χ4n) is 1.99. The van der Waals surface area contributed by atoms with Crippen LogP contribution in [0.3, 0.4) is 0 Å². The van der Waals surface area contributed by atoms with Crippen molar-refractivity contribution >= 4 is 16.0 Å². The van der Waals surface area contributed by atoms with Crippen LogP contribution in [0.2, 0.25) is 0 Å². The maximum Gasteiger partial charge on any atom is 0.416 e. The van der Waals surface area contributed by atoms with Gasteiger partial charge in [-0.1, -0.05) is 0 Å². The molecule has 10 heteroatoms. The maximum absolute atomic E-state index is 12.9. The van der Waals surface area contributed by atoms with Crippen LogP contribution in [-0.4, -0.2) is 50.1 Å². The van der Waals surface area contributed by atoms with Gasteiger partial charge in [0.1, 0.15) is 0 Å². The molecule has 1 atom stereocenters. The van der Waals surface area contributed by atoms with Crippen LogP contribution in [0.25, 0.3) is 0 Å². The summed E-state index contributed by atoms with van der Waals surface area (Å²) < 4.78 is 69.3. The zero-order chi connectivity index (χ0) is 17.4. The van der Waals surface area contributed by atoms with E-state index in [2.05, 4.69) is 0 Å². The third-order valence-corrected chi connectivity index (χ3v) is 5.02. The minimum absolute atomic E-state index is 0.0207. The SMILES string of the molecule is CN(C[C@H]1CO1)S(=O)(=O)c1cc(CC(=O)O)cc(C(F)(F)F)c1. The third kappa shape index (κ3) is 4.43. The summed E-state index contributed by atoms with van der Waals surface area (Å²) in [4.78, 5) is 10.1.